The summed E-state index contributed by atoms with van der Waals surface area (Å²) >= 11 is 0. The average molecular weight is 385 g/mol. The number of ether oxygens (including phenoxy) is 1. The zero-order valence-electron chi connectivity index (χ0n) is 15.6. The Labute approximate surface area is 168 Å². The number of pyridine rings is 1. The number of nitriles is 1. The minimum atomic E-state index is -0.241. The van der Waals surface area contributed by atoms with E-state index in [1.807, 2.05) is 30.3 Å². The standard InChI is InChI=1S/C22H19N5O2/c23-13-15-2-1-3-19(10-15)26-22(28)27-8-9-29-20-5-4-16(11-18(20)14-27)17-6-7-25-21(24)12-17/h1-7,10-12H,8-9,14H2,(H2,24,25)(H,26,28). The van der Waals surface area contributed by atoms with E-state index in [1.54, 1.807) is 35.4 Å². The molecule has 0 unspecified atom stereocenters. The van der Waals surface area contributed by atoms with E-state index in [1.165, 1.54) is 0 Å². The van der Waals surface area contributed by atoms with E-state index in [4.69, 9.17) is 15.7 Å². The Hall–Kier alpha value is -4.05. The monoisotopic (exact) mass is 385 g/mol. The van der Waals surface area contributed by atoms with E-state index in [9.17, 15) is 4.79 Å². The first-order chi connectivity index (χ1) is 14.1. The van der Waals surface area contributed by atoms with Crippen LogP contribution in [0.3, 0.4) is 0 Å². The second kappa shape index (κ2) is 7.90. The van der Waals surface area contributed by atoms with E-state index < -0.39 is 0 Å². The maximum absolute atomic E-state index is 12.8. The summed E-state index contributed by atoms with van der Waals surface area (Å²) < 4.78 is 5.83. The number of nitrogens with two attached hydrogens (primary N) is 1. The number of rotatable bonds is 2. The van der Waals surface area contributed by atoms with Gasteiger partial charge in [0.25, 0.3) is 0 Å². The third-order valence-corrected chi connectivity index (χ3v) is 4.69. The number of carbonyl (C=O) groups is 1. The van der Waals surface area contributed by atoms with Gasteiger partial charge in [0.1, 0.15) is 18.2 Å². The van der Waals surface area contributed by atoms with Gasteiger partial charge in [-0.15, -0.1) is 0 Å². The van der Waals surface area contributed by atoms with Gasteiger partial charge in [0.2, 0.25) is 0 Å². The molecule has 2 aromatic carbocycles. The third kappa shape index (κ3) is 4.12. The summed E-state index contributed by atoms with van der Waals surface area (Å²) in [5.41, 5.74) is 9.72. The molecule has 0 atom stereocenters. The van der Waals surface area contributed by atoms with Gasteiger partial charge in [0, 0.05) is 17.4 Å². The van der Waals surface area contributed by atoms with Crippen molar-refractivity contribution in [2.75, 3.05) is 24.2 Å². The molecule has 0 radical (unpaired) electrons. The van der Waals surface area contributed by atoms with Crippen LogP contribution < -0.4 is 15.8 Å². The highest BCUT2D eigenvalue weighted by molar-refractivity contribution is 5.89. The highest BCUT2D eigenvalue weighted by Gasteiger charge is 2.20. The van der Waals surface area contributed by atoms with Crippen LogP contribution in [0.15, 0.2) is 60.8 Å². The second-order valence-electron chi connectivity index (χ2n) is 6.68. The van der Waals surface area contributed by atoms with Crippen LogP contribution >= 0.6 is 0 Å². The number of nitrogen functional groups attached to an aromatic ring is 1. The van der Waals surface area contributed by atoms with Gasteiger partial charge in [0.05, 0.1) is 24.7 Å². The molecule has 29 heavy (non-hydrogen) atoms. The van der Waals surface area contributed by atoms with E-state index in [2.05, 4.69) is 16.4 Å². The van der Waals surface area contributed by atoms with Crippen molar-refractivity contribution in [3.8, 4) is 22.9 Å². The molecule has 7 heteroatoms. The minimum absolute atomic E-state index is 0.241. The fourth-order valence-electron chi connectivity index (χ4n) is 3.24. The van der Waals surface area contributed by atoms with Crippen molar-refractivity contribution in [3.63, 3.8) is 0 Å². The zero-order chi connectivity index (χ0) is 20.2. The fourth-order valence-corrected chi connectivity index (χ4v) is 3.24. The number of hydrogen-bond acceptors (Lipinski definition) is 5. The van der Waals surface area contributed by atoms with Crippen molar-refractivity contribution < 1.29 is 9.53 Å². The van der Waals surface area contributed by atoms with Crippen molar-refractivity contribution >= 4 is 17.5 Å². The highest BCUT2D eigenvalue weighted by atomic mass is 16.5. The number of urea groups is 1. The molecular weight excluding hydrogens is 366 g/mol. The summed E-state index contributed by atoms with van der Waals surface area (Å²) in [5.74, 6) is 1.21. The SMILES string of the molecule is N#Cc1cccc(NC(=O)N2CCOc3ccc(-c4ccnc(N)c4)cc3C2)c1. The first-order valence-corrected chi connectivity index (χ1v) is 9.16. The normalized spacial score (nSPS) is 12.9. The number of nitrogens with one attached hydrogen (secondary N) is 1. The van der Waals surface area contributed by atoms with Gasteiger partial charge in [-0.1, -0.05) is 12.1 Å². The molecule has 2 amide bonds. The molecule has 0 bridgehead atoms. The number of carbonyl (C=O) groups excluding carboxylic acids is 1. The Bertz CT molecular complexity index is 1110. The van der Waals surface area contributed by atoms with Crippen LogP contribution in [0.5, 0.6) is 5.75 Å². The molecule has 0 spiro atoms. The summed E-state index contributed by atoms with van der Waals surface area (Å²) in [6.07, 6.45) is 1.67. The van der Waals surface area contributed by atoms with Crippen LogP contribution in [0.1, 0.15) is 11.1 Å². The minimum Gasteiger partial charge on any atom is -0.491 e. The summed E-state index contributed by atoms with van der Waals surface area (Å²) in [5, 5.41) is 11.9. The molecular formula is C22H19N5O2. The summed E-state index contributed by atoms with van der Waals surface area (Å²) in [7, 11) is 0. The Morgan fingerprint density at radius 3 is 2.86 bits per heavy atom. The lowest BCUT2D eigenvalue weighted by atomic mass is 10.0. The summed E-state index contributed by atoms with van der Waals surface area (Å²) in [4.78, 5) is 18.5. The number of anilines is 2. The number of benzene rings is 2. The molecule has 144 valence electrons. The number of nitrogens with zero attached hydrogens (tertiary/aromatic N) is 3. The molecule has 0 saturated carbocycles. The Morgan fingerprint density at radius 2 is 2.03 bits per heavy atom. The maximum atomic E-state index is 12.8. The molecule has 3 aromatic rings. The molecule has 0 saturated heterocycles. The summed E-state index contributed by atoms with van der Waals surface area (Å²) in [6.45, 7) is 1.27. The van der Waals surface area contributed by atoms with Crippen molar-refractivity contribution in [2.24, 2.45) is 0 Å². The first-order valence-electron chi connectivity index (χ1n) is 9.16. The summed E-state index contributed by atoms with van der Waals surface area (Å²) in [6, 6.07) is 18.3. The lowest BCUT2D eigenvalue weighted by Crippen LogP contribution is -2.36. The van der Waals surface area contributed by atoms with Gasteiger partial charge in [0.15, 0.2) is 0 Å². The van der Waals surface area contributed by atoms with Gasteiger partial charge in [-0.05, 0) is 53.6 Å². The van der Waals surface area contributed by atoms with Crippen molar-refractivity contribution in [1.29, 1.82) is 5.26 Å². The van der Waals surface area contributed by atoms with Crippen molar-refractivity contribution in [2.45, 2.75) is 6.54 Å². The number of fused-ring (bicyclic) bond motifs is 1. The molecule has 2 heterocycles. The van der Waals surface area contributed by atoms with Crippen LogP contribution in [-0.2, 0) is 6.54 Å². The van der Waals surface area contributed by atoms with E-state index in [0.29, 0.717) is 36.8 Å². The van der Waals surface area contributed by atoms with E-state index in [0.717, 1.165) is 22.4 Å². The predicted octanol–water partition coefficient (Wildman–Crippen LogP) is 3.63. The van der Waals surface area contributed by atoms with Crippen LogP contribution in [0.2, 0.25) is 0 Å². The molecule has 3 N–H and O–H groups in total. The first kappa shape index (κ1) is 18.3. The molecule has 1 aliphatic heterocycles. The zero-order valence-corrected chi connectivity index (χ0v) is 15.6. The van der Waals surface area contributed by atoms with Gasteiger partial charge in [-0.3, -0.25) is 0 Å². The lowest BCUT2D eigenvalue weighted by Gasteiger charge is -2.20. The molecule has 1 aliphatic rings. The Kier molecular flexibility index (Phi) is 4.99. The van der Waals surface area contributed by atoms with Crippen molar-refractivity contribution in [3.05, 3.63) is 71.9 Å². The van der Waals surface area contributed by atoms with Crippen LogP contribution in [-0.4, -0.2) is 29.1 Å². The van der Waals surface area contributed by atoms with Gasteiger partial charge >= 0.3 is 6.03 Å². The third-order valence-electron chi connectivity index (χ3n) is 4.69. The number of aromatic nitrogens is 1. The molecule has 1 aromatic heterocycles. The smallest absolute Gasteiger partial charge is 0.322 e. The largest absolute Gasteiger partial charge is 0.491 e. The molecule has 0 aliphatic carbocycles. The Balaban J connectivity index is 1.56. The highest BCUT2D eigenvalue weighted by Crippen LogP contribution is 2.30. The van der Waals surface area contributed by atoms with Crippen LogP contribution in [0, 0.1) is 11.3 Å². The number of amides is 2. The number of hydrogen-bond donors (Lipinski definition) is 2. The second-order valence-corrected chi connectivity index (χ2v) is 6.68. The van der Waals surface area contributed by atoms with Gasteiger partial charge in [-0.2, -0.15) is 5.26 Å². The van der Waals surface area contributed by atoms with Gasteiger partial charge < -0.3 is 20.7 Å². The van der Waals surface area contributed by atoms with E-state index in [-0.39, 0.29) is 6.03 Å². The topological polar surface area (TPSA) is 104 Å². The van der Waals surface area contributed by atoms with Crippen LogP contribution in [0.25, 0.3) is 11.1 Å². The molecule has 4 rings (SSSR count). The predicted molar refractivity (Wildman–Crippen MR) is 110 cm³/mol. The molecule has 7 nitrogen and oxygen atoms in total. The van der Waals surface area contributed by atoms with Crippen molar-refractivity contribution in [1.82, 2.24) is 9.88 Å². The van der Waals surface area contributed by atoms with Crippen LogP contribution in [0.4, 0.5) is 16.3 Å². The maximum Gasteiger partial charge on any atom is 0.322 e. The van der Waals surface area contributed by atoms with E-state index >= 15 is 0 Å². The average Bonchev–Trinajstić information content (AvgIpc) is 2.96. The lowest BCUT2D eigenvalue weighted by molar-refractivity contribution is 0.200. The Morgan fingerprint density at radius 1 is 1.17 bits per heavy atom. The molecule has 0 fully saturated rings. The van der Waals surface area contributed by atoms with Gasteiger partial charge in [-0.25, -0.2) is 9.78 Å². The quantitative estimate of drug-likeness (QED) is 0.701. The fraction of sp³-hybridized carbons (Fsp3) is 0.136.